The van der Waals surface area contributed by atoms with E-state index < -0.39 is 5.97 Å². The van der Waals surface area contributed by atoms with Gasteiger partial charge < -0.3 is 10.4 Å². The first kappa shape index (κ1) is 15.1. The summed E-state index contributed by atoms with van der Waals surface area (Å²) in [5.41, 5.74) is 0. The average molecular weight is 268 g/mol. The van der Waals surface area contributed by atoms with Crippen molar-refractivity contribution >= 4 is 11.9 Å². The van der Waals surface area contributed by atoms with Gasteiger partial charge in [0.2, 0.25) is 5.91 Å². The number of hydrogen-bond acceptors (Lipinski definition) is 4. The van der Waals surface area contributed by atoms with Crippen LogP contribution in [0, 0.1) is 5.92 Å². The molecule has 0 bridgehead atoms. The highest BCUT2D eigenvalue weighted by Gasteiger charge is 2.22. The number of nitrogens with one attached hydrogen (secondary N) is 1. The van der Waals surface area contributed by atoms with Gasteiger partial charge in [-0.2, -0.15) is 5.10 Å². The second kappa shape index (κ2) is 6.86. The van der Waals surface area contributed by atoms with Crippen LogP contribution in [0.2, 0.25) is 0 Å². The highest BCUT2D eigenvalue weighted by molar-refractivity contribution is 5.77. The van der Waals surface area contributed by atoms with E-state index in [1.807, 2.05) is 13.8 Å². The van der Waals surface area contributed by atoms with Crippen molar-refractivity contribution in [2.75, 3.05) is 0 Å². The SMILES string of the molecule is CC(C)[C@@H](NC(=O)CCCC(=O)O)c1ncnn1C. The maximum absolute atomic E-state index is 11.8. The number of carbonyl (C=O) groups is 2. The Bertz CT molecular complexity index is 442. The van der Waals surface area contributed by atoms with E-state index in [-0.39, 0.29) is 30.7 Å². The Morgan fingerprint density at radius 1 is 1.42 bits per heavy atom. The maximum atomic E-state index is 11.8. The lowest BCUT2D eigenvalue weighted by molar-refractivity contribution is -0.137. The Balaban J connectivity index is 2.58. The minimum atomic E-state index is -0.887. The van der Waals surface area contributed by atoms with E-state index in [0.29, 0.717) is 12.2 Å². The van der Waals surface area contributed by atoms with Crippen LogP contribution in [0.5, 0.6) is 0 Å². The van der Waals surface area contributed by atoms with E-state index in [0.717, 1.165) is 0 Å². The molecule has 1 aromatic heterocycles. The van der Waals surface area contributed by atoms with Gasteiger partial charge >= 0.3 is 5.97 Å². The number of carbonyl (C=O) groups excluding carboxylic acids is 1. The lowest BCUT2D eigenvalue weighted by atomic mass is 10.0. The van der Waals surface area contributed by atoms with Crippen LogP contribution in [0.1, 0.15) is 45.0 Å². The van der Waals surface area contributed by atoms with Gasteiger partial charge in [0.1, 0.15) is 12.2 Å². The van der Waals surface area contributed by atoms with Gasteiger partial charge in [0.25, 0.3) is 0 Å². The number of rotatable bonds is 7. The van der Waals surface area contributed by atoms with Gasteiger partial charge in [-0.1, -0.05) is 13.8 Å². The summed E-state index contributed by atoms with van der Waals surface area (Å²) in [6.45, 7) is 3.97. The predicted molar refractivity (Wildman–Crippen MR) is 68.2 cm³/mol. The fraction of sp³-hybridized carbons (Fsp3) is 0.667. The van der Waals surface area contributed by atoms with E-state index in [9.17, 15) is 9.59 Å². The summed E-state index contributed by atoms with van der Waals surface area (Å²) < 4.78 is 1.63. The molecule has 0 saturated carbocycles. The highest BCUT2D eigenvalue weighted by atomic mass is 16.4. The molecule has 0 aliphatic rings. The number of nitrogens with zero attached hydrogens (tertiary/aromatic N) is 3. The van der Waals surface area contributed by atoms with Gasteiger partial charge in [0, 0.05) is 19.9 Å². The van der Waals surface area contributed by atoms with Crippen LogP contribution < -0.4 is 5.32 Å². The summed E-state index contributed by atoms with van der Waals surface area (Å²) >= 11 is 0. The molecule has 0 aromatic carbocycles. The first-order valence-electron chi connectivity index (χ1n) is 6.27. The number of carboxylic acids is 1. The Kier molecular flexibility index (Phi) is 5.47. The number of aromatic nitrogens is 3. The normalized spacial score (nSPS) is 12.4. The third-order valence-corrected chi connectivity index (χ3v) is 2.80. The Morgan fingerprint density at radius 2 is 2.11 bits per heavy atom. The summed E-state index contributed by atoms with van der Waals surface area (Å²) in [6.07, 6.45) is 1.99. The van der Waals surface area contributed by atoms with Gasteiger partial charge in [-0.15, -0.1) is 0 Å². The smallest absolute Gasteiger partial charge is 0.303 e. The minimum absolute atomic E-state index is 0.00370. The fourth-order valence-corrected chi connectivity index (χ4v) is 1.76. The summed E-state index contributed by atoms with van der Waals surface area (Å²) in [4.78, 5) is 26.3. The zero-order valence-corrected chi connectivity index (χ0v) is 11.5. The Hall–Kier alpha value is -1.92. The molecule has 0 fully saturated rings. The molecule has 1 atom stereocenters. The number of carboxylic acid groups (broad SMARTS) is 1. The third kappa shape index (κ3) is 4.69. The van der Waals surface area contributed by atoms with Gasteiger partial charge in [0.05, 0.1) is 6.04 Å². The molecule has 7 heteroatoms. The average Bonchev–Trinajstić information content (AvgIpc) is 2.71. The van der Waals surface area contributed by atoms with Crippen LogP contribution >= 0.6 is 0 Å². The van der Waals surface area contributed by atoms with E-state index in [1.165, 1.54) is 6.33 Å². The first-order chi connectivity index (χ1) is 8.91. The van der Waals surface area contributed by atoms with Gasteiger partial charge in [-0.05, 0) is 12.3 Å². The van der Waals surface area contributed by atoms with Gasteiger partial charge in [-0.25, -0.2) is 4.98 Å². The van der Waals surface area contributed by atoms with Crippen molar-refractivity contribution in [2.45, 2.75) is 39.2 Å². The third-order valence-electron chi connectivity index (χ3n) is 2.80. The van der Waals surface area contributed by atoms with E-state index >= 15 is 0 Å². The molecule has 1 rings (SSSR count). The van der Waals surface area contributed by atoms with Gasteiger partial charge in [-0.3, -0.25) is 14.3 Å². The maximum Gasteiger partial charge on any atom is 0.303 e. The zero-order chi connectivity index (χ0) is 14.4. The molecule has 0 aliphatic carbocycles. The monoisotopic (exact) mass is 268 g/mol. The van der Waals surface area contributed by atoms with E-state index in [4.69, 9.17) is 5.11 Å². The molecule has 1 amide bonds. The van der Waals surface area contributed by atoms with E-state index in [2.05, 4.69) is 15.4 Å². The molecule has 7 nitrogen and oxygen atoms in total. The van der Waals surface area contributed by atoms with Crippen molar-refractivity contribution in [2.24, 2.45) is 13.0 Å². The second-order valence-corrected chi connectivity index (χ2v) is 4.78. The largest absolute Gasteiger partial charge is 0.481 e. The number of aryl methyl sites for hydroxylation is 1. The molecule has 0 unspecified atom stereocenters. The molecule has 0 aliphatic heterocycles. The molecule has 1 heterocycles. The number of amides is 1. The molecular weight excluding hydrogens is 248 g/mol. The lowest BCUT2D eigenvalue weighted by Gasteiger charge is -2.21. The van der Waals surface area contributed by atoms with Crippen LogP contribution in [-0.4, -0.2) is 31.7 Å². The second-order valence-electron chi connectivity index (χ2n) is 4.78. The zero-order valence-electron chi connectivity index (χ0n) is 11.5. The molecule has 0 saturated heterocycles. The summed E-state index contributed by atoms with van der Waals surface area (Å²) in [6, 6.07) is -0.218. The summed E-state index contributed by atoms with van der Waals surface area (Å²) in [7, 11) is 1.77. The topological polar surface area (TPSA) is 97.1 Å². The Morgan fingerprint density at radius 3 is 2.58 bits per heavy atom. The quantitative estimate of drug-likeness (QED) is 0.765. The first-order valence-corrected chi connectivity index (χ1v) is 6.27. The standard InChI is InChI=1S/C12H20N4O3/c1-8(2)11(12-13-7-14-16(12)3)15-9(17)5-4-6-10(18)19/h7-8,11H,4-6H2,1-3H3,(H,15,17)(H,18,19)/t11-/m1/s1. The van der Waals surface area contributed by atoms with Crippen LogP contribution in [0.25, 0.3) is 0 Å². The highest BCUT2D eigenvalue weighted by Crippen LogP contribution is 2.19. The molecular formula is C12H20N4O3. The molecule has 0 spiro atoms. The molecule has 0 radical (unpaired) electrons. The number of aliphatic carboxylic acids is 1. The summed E-state index contributed by atoms with van der Waals surface area (Å²) in [5.74, 6) is -0.183. The number of hydrogen-bond donors (Lipinski definition) is 2. The van der Waals surface area contributed by atoms with Crippen LogP contribution in [0.15, 0.2) is 6.33 Å². The van der Waals surface area contributed by atoms with Crippen molar-refractivity contribution in [1.29, 1.82) is 0 Å². The predicted octanol–water partition coefficient (Wildman–Crippen LogP) is 0.883. The van der Waals surface area contributed by atoms with Crippen molar-refractivity contribution in [1.82, 2.24) is 20.1 Å². The minimum Gasteiger partial charge on any atom is -0.481 e. The molecule has 19 heavy (non-hydrogen) atoms. The van der Waals surface area contributed by atoms with Crippen molar-refractivity contribution in [3.63, 3.8) is 0 Å². The molecule has 2 N–H and O–H groups in total. The van der Waals surface area contributed by atoms with Crippen LogP contribution in [-0.2, 0) is 16.6 Å². The summed E-state index contributed by atoms with van der Waals surface area (Å²) in [5, 5.41) is 15.4. The van der Waals surface area contributed by atoms with Crippen LogP contribution in [0.3, 0.4) is 0 Å². The fourth-order valence-electron chi connectivity index (χ4n) is 1.76. The van der Waals surface area contributed by atoms with E-state index in [1.54, 1.807) is 11.7 Å². The molecule has 106 valence electrons. The Labute approximate surface area is 112 Å². The van der Waals surface area contributed by atoms with Crippen LogP contribution in [0.4, 0.5) is 0 Å². The van der Waals surface area contributed by atoms with Crippen molar-refractivity contribution in [3.05, 3.63) is 12.2 Å². The van der Waals surface area contributed by atoms with Crippen molar-refractivity contribution in [3.8, 4) is 0 Å². The van der Waals surface area contributed by atoms with Gasteiger partial charge in [0.15, 0.2) is 0 Å². The lowest BCUT2D eigenvalue weighted by Crippen LogP contribution is -2.33. The van der Waals surface area contributed by atoms with Crippen molar-refractivity contribution < 1.29 is 14.7 Å². The molecule has 1 aromatic rings.